The highest BCUT2D eigenvalue weighted by molar-refractivity contribution is 6.32. The predicted molar refractivity (Wildman–Crippen MR) is 140 cm³/mol. The van der Waals surface area contributed by atoms with Crippen LogP contribution in [-0.4, -0.2) is 62.0 Å². The lowest BCUT2D eigenvalue weighted by Gasteiger charge is -2.32. The highest BCUT2D eigenvalue weighted by Crippen LogP contribution is 2.28. The van der Waals surface area contributed by atoms with Gasteiger partial charge in [0.2, 0.25) is 11.9 Å². The molecule has 1 saturated heterocycles. The number of anilines is 4. The first-order valence-corrected chi connectivity index (χ1v) is 12.6. The van der Waals surface area contributed by atoms with Crippen LogP contribution in [-0.2, 0) is 24.2 Å². The van der Waals surface area contributed by atoms with Crippen molar-refractivity contribution < 1.29 is 14.7 Å². The average molecular weight is 522 g/mol. The van der Waals surface area contributed by atoms with Gasteiger partial charge in [-0.1, -0.05) is 17.7 Å². The van der Waals surface area contributed by atoms with Crippen LogP contribution in [0.15, 0.2) is 42.9 Å². The molecule has 2 aromatic heterocycles. The summed E-state index contributed by atoms with van der Waals surface area (Å²) in [6.07, 6.45) is 6.81. The van der Waals surface area contributed by atoms with E-state index in [0.717, 1.165) is 40.9 Å². The molecule has 1 aromatic carbocycles. The number of carbonyl (C=O) groups excluding carboxylic acids is 1. The van der Waals surface area contributed by atoms with Gasteiger partial charge in [0.1, 0.15) is 5.02 Å². The van der Waals surface area contributed by atoms with Crippen molar-refractivity contribution in [3.8, 4) is 0 Å². The summed E-state index contributed by atoms with van der Waals surface area (Å²) in [6, 6.07) is 8.07. The summed E-state index contributed by atoms with van der Waals surface area (Å²) in [5.74, 6) is 0.784. The maximum atomic E-state index is 13.2. The van der Waals surface area contributed by atoms with Crippen LogP contribution in [0.2, 0.25) is 5.02 Å². The highest BCUT2D eigenvalue weighted by atomic mass is 35.5. The van der Waals surface area contributed by atoms with Gasteiger partial charge in [0.15, 0.2) is 5.82 Å². The number of likely N-dealkylation sites (tertiary alicyclic amines) is 1. The topological polar surface area (TPSA) is 124 Å². The number of amides is 2. The van der Waals surface area contributed by atoms with Crippen LogP contribution >= 0.6 is 11.6 Å². The second-order valence-electron chi connectivity index (χ2n) is 9.44. The molecule has 37 heavy (non-hydrogen) atoms. The Kier molecular flexibility index (Phi) is 7.09. The SMILES string of the molecule is CN(Cc1ccc2cc1CCc1cncc(c1)Nc1ncc(Cl)c(n1)N2)C(=O)C1CCN(C(=O)O)CC1. The summed E-state index contributed by atoms with van der Waals surface area (Å²) in [4.78, 5) is 40.6. The molecule has 0 spiro atoms. The number of aryl methyl sites for hydroxylation is 2. The third-order valence-electron chi connectivity index (χ3n) is 6.85. The first kappa shape index (κ1) is 24.8. The number of nitrogens with one attached hydrogen (secondary N) is 2. The van der Waals surface area contributed by atoms with Gasteiger partial charge in [-0.3, -0.25) is 9.78 Å². The van der Waals surface area contributed by atoms with Crippen molar-refractivity contribution >= 4 is 46.7 Å². The molecule has 0 atom stereocenters. The summed E-state index contributed by atoms with van der Waals surface area (Å²) in [5, 5.41) is 16.1. The van der Waals surface area contributed by atoms with Crippen molar-refractivity contribution in [1.82, 2.24) is 24.8 Å². The van der Waals surface area contributed by atoms with Crippen LogP contribution in [0.4, 0.5) is 27.9 Å². The molecule has 1 fully saturated rings. The van der Waals surface area contributed by atoms with Gasteiger partial charge in [-0.05, 0) is 60.6 Å². The molecule has 0 saturated carbocycles. The summed E-state index contributed by atoms with van der Waals surface area (Å²) >= 11 is 6.36. The zero-order valence-corrected chi connectivity index (χ0v) is 21.2. The number of aromatic nitrogens is 3. The van der Waals surface area contributed by atoms with Gasteiger partial charge in [-0.25, -0.2) is 9.78 Å². The van der Waals surface area contributed by atoms with Crippen LogP contribution < -0.4 is 10.6 Å². The van der Waals surface area contributed by atoms with Crippen molar-refractivity contribution in [2.45, 2.75) is 32.2 Å². The second kappa shape index (κ2) is 10.6. The maximum absolute atomic E-state index is 13.2. The van der Waals surface area contributed by atoms with E-state index in [1.165, 1.54) is 4.90 Å². The number of hydrogen-bond donors (Lipinski definition) is 3. The molecule has 0 unspecified atom stereocenters. The molecule has 11 heteroatoms. The summed E-state index contributed by atoms with van der Waals surface area (Å²) in [5.41, 5.74) is 4.85. The number of benzene rings is 1. The van der Waals surface area contributed by atoms with E-state index in [1.807, 2.05) is 31.4 Å². The summed E-state index contributed by atoms with van der Waals surface area (Å²) in [6.45, 7) is 1.24. The smallest absolute Gasteiger partial charge is 0.407 e. The summed E-state index contributed by atoms with van der Waals surface area (Å²) in [7, 11) is 1.81. The van der Waals surface area contributed by atoms with Crippen molar-refractivity contribution in [3.05, 3.63) is 64.6 Å². The van der Waals surface area contributed by atoms with E-state index in [2.05, 4.69) is 31.7 Å². The van der Waals surface area contributed by atoms with Crippen LogP contribution in [0.25, 0.3) is 0 Å². The van der Waals surface area contributed by atoms with Crippen LogP contribution in [0, 0.1) is 5.92 Å². The Labute approximate surface area is 219 Å². The van der Waals surface area contributed by atoms with Crippen molar-refractivity contribution in [1.29, 1.82) is 0 Å². The lowest BCUT2D eigenvalue weighted by molar-refractivity contribution is -0.136. The molecule has 2 amide bonds. The molecule has 3 aromatic rings. The molecule has 2 aliphatic rings. The van der Waals surface area contributed by atoms with Crippen LogP contribution in [0.5, 0.6) is 0 Å². The van der Waals surface area contributed by atoms with E-state index in [9.17, 15) is 14.7 Å². The fourth-order valence-electron chi connectivity index (χ4n) is 4.81. The molecule has 0 radical (unpaired) electrons. The number of pyridine rings is 1. The Balaban J connectivity index is 1.38. The molecular weight excluding hydrogens is 494 g/mol. The number of hydrogen-bond acceptors (Lipinski definition) is 7. The van der Waals surface area contributed by atoms with E-state index in [-0.39, 0.29) is 11.8 Å². The second-order valence-corrected chi connectivity index (χ2v) is 9.85. The number of carboxylic acid groups (broad SMARTS) is 1. The molecule has 192 valence electrons. The molecule has 6 bridgehead atoms. The fourth-order valence-corrected chi connectivity index (χ4v) is 4.94. The Morgan fingerprint density at radius 3 is 2.70 bits per heavy atom. The lowest BCUT2D eigenvalue weighted by Crippen LogP contribution is -2.42. The highest BCUT2D eigenvalue weighted by Gasteiger charge is 2.29. The molecule has 2 aliphatic heterocycles. The Morgan fingerprint density at radius 2 is 1.92 bits per heavy atom. The summed E-state index contributed by atoms with van der Waals surface area (Å²) < 4.78 is 0. The standard InChI is InChI=1S/C26H28ClN7O3/c1-33(24(35)17-6-8-34(9-7-17)26(36)37)15-19-4-5-20-11-18(19)3-2-16-10-21(13-28-12-16)31-25-29-14-22(27)23(30-20)32-25/h4-5,10-14,17H,2-3,6-9,15H2,1H3,(H,36,37)(H2,29,30,31,32). The fraction of sp³-hybridized carbons (Fsp3) is 0.346. The van der Waals surface area contributed by atoms with Crippen LogP contribution in [0.3, 0.4) is 0 Å². The minimum Gasteiger partial charge on any atom is -0.465 e. The Morgan fingerprint density at radius 1 is 1.11 bits per heavy atom. The third-order valence-corrected chi connectivity index (χ3v) is 7.12. The minimum atomic E-state index is -0.927. The largest absolute Gasteiger partial charge is 0.465 e. The predicted octanol–water partition coefficient (Wildman–Crippen LogP) is 4.46. The van der Waals surface area contributed by atoms with Gasteiger partial charge in [0.05, 0.1) is 18.1 Å². The quantitative estimate of drug-likeness (QED) is 0.461. The van der Waals surface area contributed by atoms with E-state index >= 15 is 0 Å². The van der Waals surface area contributed by atoms with E-state index in [4.69, 9.17) is 11.6 Å². The zero-order chi connectivity index (χ0) is 25.9. The number of piperidine rings is 1. The van der Waals surface area contributed by atoms with E-state index < -0.39 is 6.09 Å². The van der Waals surface area contributed by atoms with Gasteiger partial charge in [0, 0.05) is 44.5 Å². The molecule has 3 N–H and O–H groups in total. The maximum Gasteiger partial charge on any atom is 0.407 e. The molecule has 4 heterocycles. The zero-order valence-electron chi connectivity index (χ0n) is 20.4. The number of rotatable bonds is 3. The number of carbonyl (C=O) groups is 2. The monoisotopic (exact) mass is 521 g/mol. The molecule has 10 nitrogen and oxygen atoms in total. The van der Waals surface area contributed by atoms with Gasteiger partial charge < -0.3 is 25.5 Å². The number of nitrogens with zero attached hydrogens (tertiary/aromatic N) is 5. The van der Waals surface area contributed by atoms with Crippen molar-refractivity contribution in [3.63, 3.8) is 0 Å². The lowest BCUT2D eigenvalue weighted by atomic mass is 9.94. The third kappa shape index (κ3) is 5.75. The number of halogens is 1. The molecular formula is C26H28ClN7O3. The normalized spacial score (nSPS) is 15.4. The Hall–Kier alpha value is -3.92. The first-order valence-electron chi connectivity index (χ1n) is 12.2. The van der Waals surface area contributed by atoms with Crippen molar-refractivity contribution in [2.24, 2.45) is 5.92 Å². The minimum absolute atomic E-state index is 0.0485. The first-order chi connectivity index (χ1) is 17.9. The van der Waals surface area contributed by atoms with E-state index in [1.54, 1.807) is 17.3 Å². The molecule has 5 rings (SSSR count). The van der Waals surface area contributed by atoms with E-state index in [0.29, 0.717) is 49.3 Å². The average Bonchev–Trinajstić information content (AvgIpc) is 2.90. The number of fused-ring (bicyclic) bond motifs is 6. The van der Waals surface area contributed by atoms with Crippen LogP contribution in [0.1, 0.15) is 29.5 Å². The van der Waals surface area contributed by atoms with Gasteiger partial charge in [-0.2, -0.15) is 4.98 Å². The van der Waals surface area contributed by atoms with Crippen molar-refractivity contribution in [2.75, 3.05) is 30.8 Å². The Bertz CT molecular complexity index is 1330. The molecule has 0 aliphatic carbocycles. The van der Waals surface area contributed by atoms with Gasteiger partial charge in [0.25, 0.3) is 0 Å². The van der Waals surface area contributed by atoms with Gasteiger partial charge >= 0.3 is 6.09 Å². The van der Waals surface area contributed by atoms with Gasteiger partial charge in [-0.15, -0.1) is 0 Å².